The van der Waals surface area contributed by atoms with Crippen molar-refractivity contribution >= 4 is 24.0 Å². The highest BCUT2D eigenvalue weighted by Crippen LogP contribution is 2.45. The Morgan fingerprint density at radius 1 is 0.967 bits per heavy atom. The molecule has 0 saturated carbocycles. The van der Waals surface area contributed by atoms with Gasteiger partial charge >= 0.3 is 17.9 Å². The van der Waals surface area contributed by atoms with Crippen molar-refractivity contribution in [3.05, 3.63) is 99.1 Å². The summed E-state index contributed by atoms with van der Waals surface area (Å²) in [5.41, 5.74) is 3.49. The molecule has 0 aromatic heterocycles. The molecule has 0 spiro atoms. The molecule has 2 aliphatic carbocycles. The van der Waals surface area contributed by atoms with Gasteiger partial charge in [-0.15, -0.1) is 10.1 Å². The number of nitrogens with zero attached hydrogens (tertiary/aromatic N) is 1. The third kappa shape index (κ3) is 15.4. The van der Waals surface area contributed by atoms with Gasteiger partial charge in [0.1, 0.15) is 19.3 Å². The minimum atomic E-state index is -1.06. The molecule has 2 N–H and O–H groups in total. The maximum absolute atomic E-state index is 12.8. The van der Waals surface area contributed by atoms with Crippen LogP contribution in [0.25, 0.3) is 6.08 Å². The minimum absolute atomic E-state index is 0.0240. The Labute approximate surface area is 352 Å². The number of esters is 3. The standard InChI is InChI=1S/C46H61NO13/c1-6-31(3)46(52)60-42-24-30(2)23-36-16-9-32(4)39(45(36)42)18-17-37(48)26-38(49)27-44(51)58-29-35-12-10-34(11-13-35)28-57-40-19-14-33(25-41(40)55-5)15-20-43(50)56-21-7-8-22-59-47(53)54/h9-16,19-20,23,25,30-32,37-39,42,45,48-49H,6-8,17-18,21-22,24,26-29H2,1-5H3/b20-15+/t30-,31-,32-,37+,38+,39-,42-,45-/m0/s1. The van der Waals surface area contributed by atoms with Gasteiger partial charge in [0.25, 0.3) is 5.09 Å². The number of rotatable bonds is 24. The van der Waals surface area contributed by atoms with Crippen LogP contribution in [0.15, 0.2) is 72.3 Å². The van der Waals surface area contributed by atoms with Crippen LogP contribution in [0.2, 0.25) is 0 Å². The molecule has 0 radical (unpaired) electrons. The van der Waals surface area contributed by atoms with Crippen LogP contribution in [0.3, 0.4) is 0 Å². The first-order chi connectivity index (χ1) is 28.8. The molecule has 0 heterocycles. The summed E-state index contributed by atoms with van der Waals surface area (Å²) >= 11 is 0. The molecule has 60 heavy (non-hydrogen) atoms. The number of aliphatic hydroxyl groups is 2. The van der Waals surface area contributed by atoms with E-state index in [4.69, 9.17) is 23.7 Å². The Kier molecular flexibility index (Phi) is 19.1. The SMILES string of the molecule is CC[C@H](C)C(=O)O[C@H]1C[C@@H](C)C=C2C=C[C@H](C)[C@H](CC[C@@H](O)C[C@@H](O)CC(=O)OCc3ccc(COc4ccc(/C=C/C(=O)OCCCCO[N+](=O)[O-])cc4OC)cc3)[C@H]21. The van der Waals surface area contributed by atoms with Crippen molar-refractivity contribution in [1.29, 1.82) is 0 Å². The van der Waals surface area contributed by atoms with Gasteiger partial charge in [0.2, 0.25) is 0 Å². The van der Waals surface area contributed by atoms with Crippen LogP contribution in [-0.2, 0) is 46.6 Å². The highest BCUT2D eigenvalue weighted by atomic mass is 16.9. The van der Waals surface area contributed by atoms with Gasteiger partial charge in [0, 0.05) is 12.0 Å². The van der Waals surface area contributed by atoms with E-state index in [9.17, 15) is 34.7 Å². The van der Waals surface area contributed by atoms with Gasteiger partial charge in [-0.2, -0.15) is 0 Å². The fourth-order valence-corrected chi connectivity index (χ4v) is 7.50. The predicted molar refractivity (Wildman–Crippen MR) is 223 cm³/mol. The third-order valence-corrected chi connectivity index (χ3v) is 11.1. The molecule has 0 fully saturated rings. The maximum atomic E-state index is 12.8. The first-order valence-electron chi connectivity index (χ1n) is 20.9. The molecule has 0 saturated heterocycles. The Bertz CT molecular complexity index is 1810. The zero-order valence-electron chi connectivity index (χ0n) is 35.4. The average molecular weight is 836 g/mol. The number of carbonyl (C=O) groups is 3. The van der Waals surface area contributed by atoms with Crippen molar-refractivity contribution in [3.8, 4) is 11.5 Å². The molecule has 4 rings (SSSR count). The van der Waals surface area contributed by atoms with E-state index in [1.165, 1.54) is 18.8 Å². The second-order valence-corrected chi connectivity index (χ2v) is 15.8. The molecular weight excluding hydrogens is 775 g/mol. The fraction of sp³-hybridized carbons (Fsp3) is 0.543. The predicted octanol–water partition coefficient (Wildman–Crippen LogP) is 7.51. The smallest absolute Gasteiger partial charge is 0.330 e. The number of unbranched alkanes of at least 4 members (excludes halogenated alkanes) is 1. The van der Waals surface area contributed by atoms with Crippen molar-refractivity contribution in [1.82, 2.24) is 0 Å². The van der Waals surface area contributed by atoms with E-state index in [2.05, 4.69) is 36.9 Å². The number of hydrogen-bond donors (Lipinski definition) is 2. The van der Waals surface area contributed by atoms with Gasteiger partial charge in [-0.1, -0.05) is 76.3 Å². The topological polar surface area (TPSA) is 190 Å². The van der Waals surface area contributed by atoms with Crippen LogP contribution in [-0.4, -0.2) is 71.8 Å². The van der Waals surface area contributed by atoms with Crippen molar-refractivity contribution in [2.24, 2.45) is 29.6 Å². The normalized spacial score (nSPS) is 21.2. The molecule has 2 aromatic rings. The summed E-state index contributed by atoms with van der Waals surface area (Å²) in [6.07, 6.45) is 10.6. The molecule has 0 bridgehead atoms. The van der Waals surface area contributed by atoms with Gasteiger partial charge < -0.3 is 38.7 Å². The van der Waals surface area contributed by atoms with Crippen LogP contribution in [0.4, 0.5) is 0 Å². The van der Waals surface area contributed by atoms with Crippen LogP contribution < -0.4 is 9.47 Å². The molecule has 14 heteroatoms. The van der Waals surface area contributed by atoms with E-state index >= 15 is 0 Å². The van der Waals surface area contributed by atoms with E-state index in [-0.39, 0.29) is 75.0 Å². The summed E-state index contributed by atoms with van der Waals surface area (Å²) < 4.78 is 28.1. The molecule has 2 aliphatic rings. The summed E-state index contributed by atoms with van der Waals surface area (Å²) in [5.74, 6) is 0.266. The highest BCUT2D eigenvalue weighted by molar-refractivity contribution is 5.87. The summed E-state index contributed by atoms with van der Waals surface area (Å²) in [5, 5.41) is 30.9. The second-order valence-electron chi connectivity index (χ2n) is 15.8. The Morgan fingerprint density at radius 3 is 2.38 bits per heavy atom. The van der Waals surface area contributed by atoms with Gasteiger partial charge in [-0.3, -0.25) is 9.59 Å². The lowest BCUT2D eigenvalue weighted by atomic mass is 9.65. The Hall–Kier alpha value is -5.21. The van der Waals surface area contributed by atoms with E-state index in [0.717, 1.165) is 24.0 Å². The van der Waals surface area contributed by atoms with Crippen molar-refractivity contribution in [2.75, 3.05) is 20.3 Å². The highest BCUT2D eigenvalue weighted by Gasteiger charge is 2.41. The lowest BCUT2D eigenvalue weighted by molar-refractivity contribution is -0.757. The van der Waals surface area contributed by atoms with Crippen molar-refractivity contribution < 1.29 is 58.2 Å². The zero-order chi connectivity index (χ0) is 43.6. The zero-order valence-corrected chi connectivity index (χ0v) is 35.4. The summed E-state index contributed by atoms with van der Waals surface area (Å²) in [4.78, 5) is 51.8. The van der Waals surface area contributed by atoms with Crippen molar-refractivity contribution in [2.45, 2.75) is 111 Å². The van der Waals surface area contributed by atoms with E-state index in [1.807, 2.05) is 38.1 Å². The maximum Gasteiger partial charge on any atom is 0.330 e. The van der Waals surface area contributed by atoms with Crippen LogP contribution >= 0.6 is 0 Å². The molecule has 2 aromatic carbocycles. The first kappa shape index (κ1) is 47.5. The Balaban J connectivity index is 1.17. The summed E-state index contributed by atoms with van der Waals surface area (Å²) in [7, 11) is 1.51. The summed E-state index contributed by atoms with van der Waals surface area (Å²) in [6.45, 7) is 8.49. The molecular formula is C46H61NO13. The monoisotopic (exact) mass is 835 g/mol. The quantitative estimate of drug-likeness (QED) is 0.0264. The van der Waals surface area contributed by atoms with Crippen LogP contribution in [0.5, 0.6) is 11.5 Å². The molecule has 328 valence electrons. The van der Waals surface area contributed by atoms with E-state index in [1.54, 1.807) is 24.3 Å². The van der Waals surface area contributed by atoms with Gasteiger partial charge in [0.05, 0.1) is 44.9 Å². The van der Waals surface area contributed by atoms with Gasteiger partial charge in [-0.25, -0.2) is 4.79 Å². The number of benzene rings is 2. The lowest BCUT2D eigenvalue weighted by Crippen LogP contribution is -2.41. The molecule has 0 unspecified atom stereocenters. The average Bonchev–Trinajstić information content (AvgIpc) is 3.22. The summed E-state index contributed by atoms with van der Waals surface area (Å²) in [6, 6.07) is 12.6. The van der Waals surface area contributed by atoms with E-state index in [0.29, 0.717) is 48.7 Å². The van der Waals surface area contributed by atoms with Gasteiger partial charge in [0.15, 0.2) is 11.5 Å². The second kappa shape index (κ2) is 24.1. The number of hydrogen-bond acceptors (Lipinski definition) is 13. The number of ether oxygens (including phenoxy) is 5. The van der Waals surface area contributed by atoms with Crippen molar-refractivity contribution in [3.63, 3.8) is 0 Å². The molecule has 8 atom stereocenters. The van der Waals surface area contributed by atoms with Crippen LogP contribution in [0.1, 0.15) is 95.8 Å². The minimum Gasteiger partial charge on any atom is -0.493 e. The number of methoxy groups -OCH3 is 1. The number of fused-ring (bicyclic) bond motifs is 1. The lowest BCUT2D eigenvalue weighted by Gasteiger charge is -2.43. The first-order valence-corrected chi connectivity index (χ1v) is 20.9. The molecule has 0 aliphatic heterocycles. The largest absolute Gasteiger partial charge is 0.493 e. The molecule has 14 nitrogen and oxygen atoms in total. The van der Waals surface area contributed by atoms with Crippen LogP contribution in [0, 0.1) is 39.7 Å². The Morgan fingerprint density at radius 2 is 1.68 bits per heavy atom. The van der Waals surface area contributed by atoms with Gasteiger partial charge in [-0.05, 0) is 103 Å². The fourth-order valence-electron chi connectivity index (χ4n) is 7.50. The number of carbonyl (C=O) groups excluding carboxylic acids is 3. The molecule has 0 amide bonds. The third-order valence-electron chi connectivity index (χ3n) is 11.1. The number of aliphatic hydroxyl groups excluding tert-OH is 2. The van der Waals surface area contributed by atoms with E-state index < -0.39 is 29.2 Å². The number of allylic oxidation sites excluding steroid dienone is 3.